The van der Waals surface area contributed by atoms with Crippen molar-refractivity contribution in [2.75, 3.05) is 13.1 Å². The average Bonchev–Trinajstić information content (AvgIpc) is 2.74. The molecule has 0 radical (unpaired) electrons. The summed E-state index contributed by atoms with van der Waals surface area (Å²) in [7, 11) is -3.29. The molecule has 3 bridgehead atoms. The maximum absolute atomic E-state index is 12.8. The monoisotopic (exact) mass is 411 g/mol. The van der Waals surface area contributed by atoms with Crippen molar-refractivity contribution in [1.82, 2.24) is 14.9 Å². The summed E-state index contributed by atoms with van der Waals surface area (Å²) in [4.78, 5) is 12.8. The van der Waals surface area contributed by atoms with Gasteiger partial charge in [-0.3, -0.25) is 0 Å². The Labute approximate surface area is 170 Å². The Morgan fingerprint density at radius 3 is 2.36 bits per heavy atom. The van der Waals surface area contributed by atoms with Crippen molar-refractivity contribution in [3.05, 3.63) is 0 Å². The number of fused-ring (bicyclic) bond motifs is 2. The molecule has 2 amide bonds. The van der Waals surface area contributed by atoms with Gasteiger partial charge in [-0.05, 0) is 77.0 Å². The Morgan fingerprint density at radius 1 is 1.00 bits per heavy atom. The summed E-state index contributed by atoms with van der Waals surface area (Å²) in [6, 6.07) is 0.0147. The van der Waals surface area contributed by atoms with Gasteiger partial charge in [0, 0.05) is 24.7 Å². The van der Waals surface area contributed by atoms with Gasteiger partial charge in [0.15, 0.2) is 0 Å². The third-order valence-electron chi connectivity index (χ3n) is 7.76. The van der Waals surface area contributed by atoms with Crippen LogP contribution in [0.5, 0.6) is 0 Å². The Bertz CT molecular complexity index is 705. The highest BCUT2D eigenvalue weighted by Gasteiger charge is 2.52. The van der Waals surface area contributed by atoms with Crippen LogP contribution >= 0.6 is 0 Å². The van der Waals surface area contributed by atoms with Crippen LogP contribution in [0.15, 0.2) is 0 Å². The van der Waals surface area contributed by atoms with Crippen LogP contribution in [-0.2, 0) is 10.0 Å². The van der Waals surface area contributed by atoms with Gasteiger partial charge in [0.2, 0.25) is 10.0 Å². The van der Waals surface area contributed by atoms with E-state index in [9.17, 15) is 13.2 Å². The van der Waals surface area contributed by atoms with Gasteiger partial charge in [-0.15, -0.1) is 0 Å². The lowest BCUT2D eigenvalue weighted by atomic mass is 9.75. The van der Waals surface area contributed by atoms with Crippen LogP contribution in [0.25, 0.3) is 0 Å². The normalized spacial score (nSPS) is 36.9. The van der Waals surface area contributed by atoms with E-state index in [4.69, 9.17) is 0 Å². The van der Waals surface area contributed by atoms with Crippen LogP contribution in [0.2, 0.25) is 0 Å². The third-order valence-corrected chi connectivity index (χ3v) is 10.3. The highest BCUT2D eigenvalue weighted by Crippen LogP contribution is 2.55. The topological polar surface area (TPSA) is 78.5 Å². The van der Waals surface area contributed by atoms with Gasteiger partial charge in [-0.1, -0.05) is 19.3 Å². The number of nitrogens with zero attached hydrogens (tertiary/aromatic N) is 1. The largest absolute Gasteiger partial charge is 0.335 e. The summed E-state index contributed by atoms with van der Waals surface area (Å²) in [5.41, 5.74) is 0.0129. The molecule has 160 valence electrons. The molecule has 4 atom stereocenters. The molecule has 4 aliphatic rings. The number of sulfonamides is 1. The molecule has 3 aliphatic carbocycles. The highest BCUT2D eigenvalue weighted by atomic mass is 32.2. The lowest BCUT2D eigenvalue weighted by molar-refractivity contribution is 0.173. The van der Waals surface area contributed by atoms with Crippen LogP contribution in [0.3, 0.4) is 0 Å². The van der Waals surface area contributed by atoms with E-state index in [1.807, 2.05) is 0 Å². The van der Waals surface area contributed by atoms with E-state index >= 15 is 0 Å². The first-order chi connectivity index (χ1) is 13.1. The zero-order valence-electron chi connectivity index (χ0n) is 17.7. The summed E-state index contributed by atoms with van der Waals surface area (Å²) in [6.07, 6.45) is 10.2. The van der Waals surface area contributed by atoms with E-state index in [-0.39, 0.29) is 17.6 Å². The number of urea groups is 1. The molecule has 3 saturated carbocycles. The zero-order chi connectivity index (χ0) is 20.2. The molecule has 6 nitrogen and oxygen atoms in total. The average molecular weight is 412 g/mol. The first-order valence-electron chi connectivity index (χ1n) is 11.2. The van der Waals surface area contributed by atoms with Crippen molar-refractivity contribution < 1.29 is 13.2 Å². The summed E-state index contributed by atoms with van der Waals surface area (Å²) < 4.78 is 26.0. The number of hydrogen-bond donors (Lipinski definition) is 2. The lowest BCUT2D eigenvalue weighted by Gasteiger charge is -2.40. The predicted octanol–water partition coefficient (Wildman–Crippen LogP) is 3.24. The first kappa shape index (κ1) is 20.5. The van der Waals surface area contributed by atoms with E-state index in [1.54, 1.807) is 25.1 Å². The van der Waals surface area contributed by atoms with Crippen LogP contribution < -0.4 is 10.6 Å². The van der Waals surface area contributed by atoms with Crippen molar-refractivity contribution in [2.45, 2.75) is 94.9 Å². The summed E-state index contributed by atoms with van der Waals surface area (Å²) >= 11 is 0. The number of hydrogen-bond acceptors (Lipinski definition) is 3. The van der Waals surface area contributed by atoms with Gasteiger partial charge in [0.25, 0.3) is 0 Å². The van der Waals surface area contributed by atoms with Crippen LogP contribution in [0.1, 0.15) is 78.6 Å². The molecule has 0 aromatic heterocycles. The number of carbonyl (C=O) groups excluding carboxylic acids is 1. The maximum atomic E-state index is 12.8. The molecule has 4 fully saturated rings. The van der Waals surface area contributed by atoms with Crippen molar-refractivity contribution in [2.24, 2.45) is 17.8 Å². The Kier molecular flexibility index (Phi) is 5.22. The summed E-state index contributed by atoms with van der Waals surface area (Å²) in [6.45, 7) is 6.21. The Hall–Kier alpha value is -0.820. The minimum absolute atomic E-state index is 0.0129. The van der Waals surface area contributed by atoms with Crippen molar-refractivity contribution >= 4 is 16.1 Å². The number of rotatable bonds is 3. The van der Waals surface area contributed by atoms with Gasteiger partial charge in [-0.2, -0.15) is 0 Å². The highest BCUT2D eigenvalue weighted by molar-refractivity contribution is 7.90. The van der Waals surface area contributed by atoms with Gasteiger partial charge in [-0.25, -0.2) is 17.5 Å². The van der Waals surface area contributed by atoms with E-state index in [0.717, 1.165) is 37.0 Å². The summed E-state index contributed by atoms with van der Waals surface area (Å²) in [5, 5.41) is 6.53. The molecule has 1 aliphatic heterocycles. The SMILES string of the molecule is CC(C)(C)S(=O)(=O)N1CCC(NC(=O)NC23CC4CCCC(C2)C(C4)C3)CC1. The Balaban J connectivity index is 1.30. The van der Waals surface area contributed by atoms with Crippen molar-refractivity contribution in [3.63, 3.8) is 0 Å². The lowest BCUT2D eigenvalue weighted by Crippen LogP contribution is -2.56. The molecule has 1 heterocycles. The number of nitrogens with one attached hydrogen (secondary N) is 2. The fourth-order valence-corrected chi connectivity index (χ4v) is 7.86. The van der Waals surface area contributed by atoms with Gasteiger partial charge < -0.3 is 10.6 Å². The zero-order valence-corrected chi connectivity index (χ0v) is 18.5. The van der Waals surface area contributed by atoms with E-state index in [1.165, 1.54) is 25.7 Å². The van der Waals surface area contributed by atoms with Crippen LogP contribution in [0.4, 0.5) is 4.79 Å². The smallest absolute Gasteiger partial charge is 0.315 e. The van der Waals surface area contributed by atoms with E-state index < -0.39 is 14.8 Å². The molecule has 4 unspecified atom stereocenters. The number of carbonyl (C=O) groups is 1. The second-order valence-electron chi connectivity index (χ2n) is 10.8. The fraction of sp³-hybridized carbons (Fsp3) is 0.952. The number of amides is 2. The van der Waals surface area contributed by atoms with Crippen LogP contribution in [-0.4, -0.2) is 48.2 Å². The minimum atomic E-state index is -3.29. The van der Waals surface area contributed by atoms with Crippen molar-refractivity contribution in [1.29, 1.82) is 0 Å². The quantitative estimate of drug-likeness (QED) is 0.748. The van der Waals surface area contributed by atoms with Crippen molar-refractivity contribution in [3.8, 4) is 0 Å². The molecule has 0 aromatic carbocycles. The molecular formula is C21H37N3O3S. The Morgan fingerprint density at radius 2 is 1.68 bits per heavy atom. The van der Waals surface area contributed by atoms with E-state index in [0.29, 0.717) is 25.9 Å². The second kappa shape index (κ2) is 7.15. The first-order valence-corrected chi connectivity index (χ1v) is 12.6. The standard InChI is InChI=1S/C21H37N3O3S/c1-20(2,3)28(26,27)24-9-7-18(8-10-24)22-19(25)23-21-12-15-5-4-6-16(13-21)17(11-15)14-21/h15-18H,4-14H2,1-3H3,(H2,22,23,25). The fourth-order valence-electron chi connectivity index (χ4n) is 6.40. The molecule has 4 rings (SSSR count). The van der Waals surface area contributed by atoms with Crippen LogP contribution in [0, 0.1) is 17.8 Å². The molecule has 2 N–H and O–H groups in total. The molecule has 0 aromatic rings. The maximum Gasteiger partial charge on any atom is 0.315 e. The second-order valence-corrected chi connectivity index (χ2v) is 13.5. The molecule has 0 spiro atoms. The molecule has 28 heavy (non-hydrogen) atoms. The molecular weight excluding hydrogens is 374 g/mol. The molecule has 7 heteroatoms. The predicted molar refractivity (Wildman–Crippen MR) is 110 cm³/mol. The third kappa shape index (κ3) is 3.81. The molecule has 1 saturated heterocycles. The number of piperidine rings is 1. The van der Waals surface area contributed by atoms with Gasteiger partial charge >= 0.3 is 6.03 Å². The minimum Gasteiger partial charge on any atom is -0.335 e. The summed E-state index contributed by atoms with van der Waals surface area (Å²) in [5.74, 6) is 2.41. The van der Waals surface area contributed by atoms with Gasteiger partial charge in [0.1, 0.15) is 0 Å². The van der Waals surface area contributed by atoms with Gasteiger partial charge in [0.05, 0.1) is 4.75 Å². The van der Waals surface area contributed by atoms with E-state index in [2.05, 4.69) is 10.6 Å².